The van der Waals surface area contributed by atoms with Gasteiger partial charge in [0.2, 0.25) is 0 Å². The molecule has 7 heteroatoms. The molecule has 0 saturated carbocycles. The van der Waals surface area contributed by atoms with Crippen LogP contribution in [-0.2, 0) is 0 Å². The minimum Gasteiger partial charge on any atom is -0.454 e. The largest absolute Gasteiger partial charge is 0.454 e. The number of fused-ring (bicyclic) bond motifs is 9. The van der Waals surface area contributed by atoms with Crippen LogP contribution in [0.2, 0.25) is 0 Å². The van der Waals surface area contributed by atoms with E-state index in [1.54, 1.807) is 0 Å². The third kappa shape index (κ3) is 8.42. The van der Waals surface area contributed by atoms with Gasteiger partial charge in [0, 0.05) is 85.1 Å². The van der Waals surface area contributed by atoms with Crippen LogP contribution in [0.3, 0.4) is 0 Å². The molecule has 0 spiro atoms. The van der Waals surface area contributed by atoms with Crippen LogP contribution in [0, 0.1) is 0 Å². The topological polar surface area (TPSA) is 74.6 Å². The summed E-state index contributed by atoms with van der Waals surface area (Å²) in [7, 11) is 0. The fourth-order valence-electron chi connectivity index (χ4n) is 13.5. The lowest BCUT2D eigenvalue weighted by Gasteiger charge is -2.17. The Morgan fingerprint density at radius 3 is 1.24 bits per heavy atom. The zero-order valence-corrected chi connectivity index (χ0v) is 47.2. The van der Waals surface area contributed by atoms with Gasteiger partial charge in [-0.25, -0.2) is 0 Å². The quantitative estimate of drug-likeness (QED) is 0.136. The normalized spacial score (nSPS) is 12.6. The third-order valence-electron chi connectivity index (χ3n) is 17.5. The number of rotatable bonds is 10. The molecular weight excluding hydrogens is 1060 g/mol. The molecule has 87 heavy (non-hydrogen) atoms. The van der Waals surface area contributed by atoms with E-state index >= 15 is 0 Å². The molecule has 0 fully saturated rings. The molecule has 0 amide bonds. The molecule has 1 aliphatic carbocycles. The summed E-state index contributed by atoms with van der Waals surface area (Å²) in [5.74, 6) is 0. The Kier molecular flexibility index (Phi) is 11.9. The first-order valence-corrected chi connectivity index (χ1v) is 29.6. The van der Waals surface area contributed by atoms with E-state index in [2.05, 4.69) is 252 Å². The number of furan rings is 1. The lowest BCUT2D eigenvalue weighted by molar-refractivity contribution is 0.666. The summed E-state index contributed by atoms with van der Waals surface area (Å²) in [5.41, 5.74) is 25.5. The fraction of sp³-hybridized carbons (Fsp3) is 0.0250. The predicted octanol–water partition coefficient (Wildman–Crippen LogP) is 20.6. The van der Waals surface area contributed by atoms with Gasteiger partial charge in [-0.05, 0) is 179 Å². The first-order valence-electron chi connectivity index (χ1n) is 29.6. The average molecular weight is 1110 g/mol. The number of aromatic nitrogens is 6. The molecule has 7 nitrogen and oxygen atoms in total. The Hall–Kier alpha value is -11.5. The number of hydrogen-bond acceptors (Lipinski definition) is 5. The third-order valence-corrected chi connectivity index (χ3v) is 17.5. The molecule has 7 aromatic heterocycles. The van der Waals surface area contributed by atoms with Gasteiger partial charge in [0.05, 0.1) is 50.5 Å². The van der Waals surface area contributed by atoms with E-state index < -0.39 is 0 Å². The van der Waals surface area contributed by atoms with Crippen molar-refractivity contribution in [1.82, 2.24) is 29.1 Å². The predicted molar refractivity (Wildman–Crippen MR) is 358 cm³/mol. The molecule has 16 aromatic rings. The summed E-state index contributed by atoms with van der Waals surface area (Å²) in [4.78, 5) is 19.2. The average Bonchev–Trinajstić information content (AvgIpc) is 1.87. The molecule has 9 aromatic carbocycles. The van der Waals surface area contributed by atoms with Crippen molar-refractivity contribution in [3.63, 3.8) is 0 Å². The summed E-state index contributed by atoms with van der Waals surface area (Å²) < 4.78 is 12.0. The number of hydrogen-bond donors (Lipinski definition) is 0. The van der Waals surface area contributed by atoms with Gasteiger partial charge >= 0.3 is 0 Å². The van der Waals surface area contributed by atoms with Crippen LogP contribution in [0.25, 0.3) is 155 Å². The number of para-hydroxylation sites is 1. The van der Waals surface area contributed by atoms with Crippen LogP contribution in [0.5, 0.6) is 0 Å². The molecule has 1 aliphatic rings. The smallest absolute Gasteiger partial charge is 0.159 e. The van der Waals surface area contributed by atoms with E-state index in [1.807, 2.05) is 49.1 Å². The van der Waals surface area contributed by atoms with Crippen molar-refractivity contribution in [1.29, 1.82) is 0 Å². The molecule has 0 aliphatic heterocycles. The van der Waals surface area contributed by atoms with Crippen LogP contribution in [0.4, 0.5) is 0 Å². The molecule has 0 saturated heterocycles. The summed E-state index contributed by atoms with van der Waals surface area (Å²) in [6.07, 6.45) is 13.9. The molecule has 0 bridgehead atoms. The first-order chi connectivity index (χ1) is 43.2. The van der Waals surface area contributed by atoms with Crippen molar-refractivity contribution in [3.05, 3.63) is 303 Å². The summed E-state index contributed by atoms with van der Waals surface area (Å²) in [5, 5.41) is 6.69. The van der Waals surface area contributed by atoms with E-state index in [0.717, 1.165) is 163 Å². The Bertz CT molecular complexity index is 5300. The van der Waals surface area contributed by atoms with Crippen LogP contribution in [0.15, 0.2) is 296 Å². The van der Waals surface area contributed by atoms with Crippen molar-refractivity contribution in [2.24, 2.45) is 0 Å². The number of benzene rings is 9. The molecular formula is C80H52N6O. The molecule has 0 N–H and O–H groups in total. The molecule has 408 valence electrons. The van der Waals surface area contributed by atoms with Crippen molar-refractivity contribution in [2.45, 2.75) is 12.8 Å². The summed E-state index contributed by atoms with van der Waals surface area (Å²) in [6, 6.07) is 91.2. The first kappa shape index (κ1) is 50.0. The van der Waals surface area contributed by atoms with Crippen molar-refractivity contribution < 1.29 is 4.42 Å². The molecule has 0 unspecified atom stereocenters. The summed E-state index contributed by atoms with van der Waals surface area (Å²) in [6.45, 7) is 0. The second kappa shape index (κ2) is 20.7. The SMILES string of the molecule is C1=CC(c2ccccn2)=C(c2ccc3c(c2)c2cc(-c4ccccc4-c4ccccn4)ccc2n3-c2cccc3c2oc2ccc(-n4c5ccc(-c6ccccc6-c6ccccn6)cc5c5cc(-c6ccccc6-c6ccccn6)ccc54)cc23)CC1. The van der Waals surface area contributed by atoms with Crippen LogP contribution >= 0.6 is 0 Å². The zero-order valence-electron chi connectivity index (χ0n) is 47.2. The van der Waals surface area contributed by atoms with E-state index in [-0.39, 0.29) is 0 Å². The van der Waals surface area contributed by atoms with Crippen molar-refractivity contribution in [2.75, 3.05) is 0 Å². The monoisotopic (exact) mass is 1110 g/mol. The second-order valence-electron chi connectivity index (χ2n) is 22.4. The highest BCUT2D eigenvalue weighted by Gasteiger charge is 2.24. The van der Waals surface area contributed by atoms with E-state index in [1.165, 1.54) is 16.7 Å². The minimum absolute atomic E-state index is 0.819. The van der Waals surface area contributed by atoms with Gasteiger partial charge in [-0.2, -0.15) is 0 Å². The Morgan fingerprint density at radius 2 is 0.759 bits per heavy atom. The maximum atomic E-state index is 7.15. The molecule has 7 heterocycles. The Balaban J connectivity index is 0.852. The number of allylic oxidation sites excluding steroid dienone is 4. The Morgan fingerprint density at radius 1 is 0.322 bits per heavy atom. The van der Waals surface area contributed by atoms with Gasteiger partial charge in [-0.15, -0.1) is 0 Å². The highest BCUT2D eigenvalue weighted by atomic mass is 16.3. The van der Waals surface area contributed by atoms with Crippen LogP contribution in [-0.4, -0.2) is 29.1 Å². The highest BCUT2D eigenvalue weighted by molar-refractivity contribution is 6.16. The van der Waals surface area contributed by atoms with Crippen LogP contribution in [0.1, 0.15) is 24.1 Å². The fourth-order valence-corrected chi connectivity index (χ4v) is 13.5. The summed E-state index contributed by atoms with van der Waals surface area (Å²) >= 11 is 0. The van der Waals surface area contributed by atoms with Crippen LogP contribution < -0.4 is 0 Å². The van der Waals surface area contributed by atoms with Gasteiger partial charge in [0.25, 0.3) is 0 Å². The highest BCUT2D eigenvalue weighted by Crippen LogP contribution is 2.45. The minimum atomic E-state index is 0.819. The number of pyridine rings is 4. The second-order valence-corrected chi connectivity index (χ2v) is 22.4. The maximum Gasteiger partial charge on any atom is 0.159 e. The number of nitrogens with zero attached hydrogens (tertiary/aromatic N) is 6. The molecule has 17 rings (SSSR count). The van der Waals surface area contributed by atoms with Gasteiger partial charge < -0.3 is 13.6 Å². The Labute approximate surface area is 501 Å². The van der Waals surface area contributed by atoms with Crippen molar-refractivity contribution in [3.8, 4) is 78.5 Å². The van der Waals surface area contributed by atoms with Gasteiger partial charge in [0.15, 0.2) is 5.58 Å². The van der Waals surface area contributed by atoms with E-state index in [9.17, 15) is 0 Å². The van der Waals surface area contributed by atoms with Gasteiger partial charge in [0.1, 0.15) is 5.58 Å². The van der Waals surface area contributed by atoms with Crippen molar-refractivity contribution >= 4 is 76.7 Å². The van der Waals surface area contributed by atoms with Gasteiger partial charge in [-0.3, -0.25) is 19.9 Å². The van der Waals surface area contributed by atoms with E-state index in [4.69, 9.17) is 24.4 Å². The standard InChI is InChI=1S/C80H52N6O/c1-5-22-60(70-27-9-13-42-81-70)56(18-1)51-32-37-74-65(46-51)66-47-52(57-19-2-6-23-61(57)71-28-10-14-43-82-71)33-38-75(66)85(74)55-36-41-79-69(50-55)64-26-17-31-78(80(64)87-79)86-76-39-34-53(58-20-3-7-24-62(58)72-29-11-15-44-83-72)48-67(76)68-49-54(35-40-77(68)86)59-21-4-8-25-63(59)73-30-12-16-45-84-73/h1-3,5-20,22-50H,4,21H2. The van der Waals surface area contributed by atoms with E-state index in [0.29, 0.717) is 0 Å². The molecule has 0 atom stereocenters. The molecule has 0 radical (unpaired) electrons. The lowest BCUT2D eigenvalue weighted by Crippen LogP contribution is -1.97. The lowest BCUT2D eigenvalue weighted by atomic mass is 9.89. The zero-order chi connectivity index (χ0) is 57.4. The maximum absolute atomic E-state index is 7.15. The van der Waals surface area contributed by atoms with Gasteiger partial charge in [-0.1, -0.05) is 146 Å².